The van der Waals surface area contributed by atoms with Crippen LogP contribution < -0.4 is 5.32 Å². The Morgan fingerprint density at radius 1 is 1.58 bits per heavy atom. The van der Waals surface area contributed by atoms with Crippen molar-refractivity contribution in [1.29, 1.82) is 0 Å². The Morgan fingerprint density at radius 3 is 3.17 bits per heavy atom. The van der Waals surface area contributed by atoms with Gasteiger partial charge >= 0.3 is 0 Å². The van der Waals surface area contributed by atoms with Gasteiger partial charge in [-0.05, 0) is 18.1 Å². The molecule has 2 heteroatoms. The van der Waals surface area contributed by atoms with Crippen LogP contribution in [0.25, 0.3) is 0 Å². The van der Waals surface area contributed by atoms with Gasteiger partial charge in [-0.3, -0.25) is 0 Å². The molecule has 0 aliphatic carbocycles. The number of nitrogens with one attached hydrogen (secondary N) is 1. The van der Waals surface area contributed by atoms with E-state index in [1.807, 2.05) is 0 Å². The maximum atomic E-state index is 9.02. The highest BCUT2D eigenvalue weighted by Gasteiger charge is 2.19. The minimum Gasteiger partial charge on any atom is -0.394 e. The quantitative estimate of drug-likeness (QED) is 0.650. The molecule has 1 aromatic carbocycles. The summed E-state index contributed by atoms with van der Waals surface area (Å²) in [6.07, 6.45) is 0. The Balaban J connectivity index is 2.40. The summed E-state index contributed by atoms with van der Waals surface area (Å²) in [6.45, 7) is 3.17. The maximum absolute atomic E-state index is 9.02. The van der Waals surface area contributed by atoms with Crippen molar-refractivity contribution < 1.29 is 5.11 Å². The lowest BCUT2D eigenvalue weighted by Crippen LogP contribution is -2.15. The van der Waals surface area contributed by atoms with E-state index in [-0.39, 0.29) is 12.6 Å². The van der Waals surface area contributed by atoms with Gasteiger partial charge < -0.3 is 10.4 Å². The zero-order chi connectivity index (χ0) is 8.55. The van der Waals surface area contributed by atoms with Crippen molar-refractivity contribution in [2.45, 2.75) is 19.5 Å². The van der Waals surface area contributed by atoms with Crippen molar-refractivity contribution in [2.75, 3.05) is 6.61 Å². The molecular weight excluding hydrogens is 150 g/mol. The molecule has 2 N–H and O–H groups in total. The normalized spacial score (nSPS) is 21.0. The van der Waals surface area contributed by atoms with Crippen LogP contribution in [0.3, 0.4) is 0 Å². The van der Waals surface area contributed by atoms with Gasteiger partial charge in [-0.1, -0.05) is 23.8 Å². The smallest absolute Gasteiger partial charge is 0.0626 e. The highest BCUT2D eigenvalue weighted by atomic mass is 16.3. The molecule has 1 aliphatic heterocycles. The molecule has 2 nitrogen and oxygen atoms in total. The van der Waals surface area contributed by atoms with Crippen LogP contribution in [0.1, 0.15) is 22.7 Å². The zero-order valence-electron chi connectivity index (χ0n) is 7.17. The van der Waals surface area contributed by atoms with Gasteiger partial charge in [0.1, 0.15) is 0 Å². The van der Waals surface area contributed by atoms with Crippen molar-refractivity contribution in [1.82, 2.24) is 5.32 Å². The van der Waals surface area contributed by atoms with Crippen molar-refractivity contribution >= 4 is 0 Å². The van der Waals surface area contributed by atoms with Crippen molar-refractivity contribution in [3.05, 3.63) is 34.9 Å². The molecule has 0 amide bonds. The number of rotatable bonds is 1. The minimum absolute atomic E-state index is 0.153. The van der Waals surface area contributed by atoms with Gasteiger partial charge in [-0.15, -0.1) is 0 Å². The van der Waals surface area contributed by atoms with E-state index in [9.17, 15) is 0 Å². The van der Waals surface area contributed by atoms with Crippen molar-refractivity contribution in [2.24, 2.45) is 0 Å². The van der Waals surface area contributed by atoms with Crippen LogP contribution in [0.15, 0.2) is 18.2 Å². The first-order valence-electron chi connectivity index (χ1n) is 4.25. The van der Waals surface area contributed by atoms with Crippen molar-refractivity contribution in [3.63, 3.8) is 0 Å². The standard InChI is InChI=1S/C10H13NO/c1-7-2-3-9-8(4-7)5-11-10(9)6-12/h2-4,10-12H,5-6H2,1H3/t10-/m1/s1. The van der Waals surface area contributed by atoms with Gasteiger partial charge in [0.05, 0.1) is 12.6 Å². The fraction of sp³-hybridized carbons (Fsp3) is 0.400. The molecule has 0 bridgehead atoms. The second kappa shape index (κ2) is 2.88. The molecule has 2 rings (SSSR count). The third-order valence-corrected chi connectivity index (χ3v) is 2.40. The molecule has 0 unspecified atom stereocenters. The van der Waals surface area contributed by atoms with E-state index in [1.165, 1.54) is 16.7 Å². The molecule has 1 heterocycles. The van der Waals surface area contributed by atoms with Crippen LogP contribution in [-0.2, 0) is 6.54 Å². The predicted molar refractivity (Wildman–Crippen MR) is 47.8 cm³/mol. The number of aryl methyl sites for hydroxylation is 1. The van der Waals surface area contributed by atoms with E-state index < -0.39 is 0 Å². The molecule has 0 saturated carbocycles. The Morgan fingerprint density at radius 2 is 2.42 bits per heavy atom. The fourth-order valence-electron chi connectivity index (χ4n) is 1.73. The molecule has 1 aromatic rings. The molecule has 64 valence electrons. The first kappa shape index (κ1) is 7.77. The number of hydrogen-bond donors (Lipinski definition) is 2. The molecule has 0 saturated heterocycles. The van der Waals surface area contributed by atoms with Gasteiger partial charge in [0.25, 0.3) is 0 Å². The van der Waals surface area contributed by atoms with Gasteiger partial charge in [-0.25, -0.2) is 0 Å². The third kappa shape index (κ3) is 1.13. The topological polar surface area (TPSA) is 32.3 Å². The second-order valence-corrected chi connectivity index (χ2v) is 3.32. The monoisotopic (exact) mass is 163 g/mol. The summed E-state index contributed by atoms with van der Waals surface area (Å²) in [7, 11) is 0. The first-order chi connectivity index (χ1) is 5.81. The second-order valence-electron chi connectivity index (χ2n) is 3.32. The molecule has 0 radical (unpaired) electrons. The van der Waals surface area contributed by atoms with E-state index in [4.69, 9.17) is 5.11 Å². The molecule has 0 spiro atoms. The lowest BCUT2D eigenvalue weighted by atomic mass is 10.0. The molecule has 12 heavy (non-hydrogen) atoms. The van der Waals surface area contributed by atoms with Crippen LogP contribution in [0.4, 0.5) is 0 Å². The highest BCUT2D eigenvalue weighted by Crippen LogP contribution is 2.25. The van der Waals surface area contributed by atoms with E-state index in [0.717, 1.165) is 6.54 Å². The van der Waals surface area contributed by atoms with Gasteiger partial charge in [0, 0.05) is 6.54 Å². The van der Waals surface area contributed by atoms with Crippen molar-refractivity contribution in [3.8, 4) is 0 Å². The summed E-state index contributed by atoms with van der Waals surface area (Å²) >= 11 is 0. The molecule has 0 aromatic heterocycles. The molecule has 1 aliphatic rings. The van der Waals surface area contributed by atoms with E-state index in [0.29, 0.717) is 0 Å². The van der Waals surface area contributed by atoms with Crippen LogP contribution >= 0.6 is 0 Å². The summed E-state index contributed by atoms with van der Waals surface area (Å²) < 4.78 is 0. The summed E-state index contributed by atoms with van der Waals surface area (Å²) in [6, 6.07) is 6.53. The van der Waals surface area contributed by atoms with Crippen LogP contribution in [0, 0.1) is 6.92 Å². The average Bonchev–Trinajstić information content (AvgIpc) is 2.46. The molecule has 0 fully saturated rings. The highest BCUT2D eigenvalue weighted by molar-refractivity contribution is 5.36. The summed E-state index contributed by atoms with van der Waals surface area (Å²) in [5, 5.41) is 12.3. The number of aliphatic hydroxyl groups is 1. The van der Waals surface area contributed by atoms with Gasteiger partial charge in [-0.2, -0.15) is 0 Å². The van der Waals surface area contributed by atoms with Crippen LogP contribution in [0.5, 0.6) is 0 Å². The maximum Gasteiger partial charge on any atom is 0.0626 e. The zero-order valence-corrected chi connectivity index (χ0v) is 7.17. The Bertz CT molecular complexity index is 296. The minimum atomic E-state index is 0.153. The number of hydrogen-bond acceptors (Lipinski definition) is 2. The summed E-state index contributed by atoms with van der Waals surface area (Å²) in [4.78, 5) is 0. The lowest BCUT2D eigenvalue weighted by molar-refractivity contribution is 0.251. The lowest BCUT2D eigenvalue weighted by Gasteiger charge is -2.07. The number of benzene rings is 1. The van der Waals surface area contributed by atoms with E-state index >= 15 is 0 Å². The third-order valence-electron chi connectivity index (χ3n) is 2.40. The first-order valence-corrected chi connectivity index (χ1v) is 4.25. The Hall–Kier alpha value is -0.860. The van der Waals surface area contributed by atoms with Crippen LogP contribution in [0.2, 0.25) is 0 Å². The molecular formula is C10H13NO. The fourth-order valence-corrected chi connectivity index (χ4v) is 1.73. The number of aliphatic hydroxyl groups excluding tert-OH is 1. The van der Waals surface area contributed by atoms with E-state index in [2.05, 4.69) is 30.4 Å². The van der Waals surface area contributed by atoms with Gasteiger partial charge in [0.15, 0.2) is 0 Å². The largest absolute Gasteiger partial charge is 0.394 e. The predicted octanol–water partition coefficient (Wildman–Crippen LogP) is 1.13. The average molecular weight is 163 g/mol. The Labute approximate surface area is 72.2 Å². The number of fused-ring (bicyclic) bond motifs is 1. The van der Waals surface area contributed by atoms with Crippen LogP contribution in [-0.4, -0.2) is 11.7 Å². The summed E-state index contributed by atoms with van der Waals surface area (Å²) in [5.41, 5.74) is 3.87. The molecule has 1 atom stereocenters. The van der Waals surface area contributed by atoms with Gasteiger partial charge in [0.2, 0.25) is 0 Å². The Kier molecular flexibility index (Phi) is 1.87. The SMILES string of the molecule is Cc1ccc2c(c1)CN[C@@H]2CO. The summed E-state index contributed by atoms with van der Waals surface area (Å²) in [5.74, 6) is 0. The van der Waals surface area contributed by atoms with E-state index in [1.54, 1.807) is 0 Å².